The first-order valence-electron chi connectivity index (χ1n) is 22.8. The summed E-state index contributed by atoms with van der Waals surface area (Å²) in [5.74, 6) is 7.05. The molecule has 0 amide bonds. The fourth-order valence-electron chi connectivity index (χ4n) is 12.2. The number of fused-ring (bicyclic) bond motifs is 3. The van der Waals surface area contributed by atoms with Crippen molar-refractivity contribution in [3.8, 4) is 90.6 Å². The number of hydrogen-bond acceptors (Lipinski definition) is 6. The maximum atomic E-state index is 5.19. The molecule has 5 aliphatic carbocycles. The largest absolute Gasteiger partial charge is 0.208 e. The molecule has 6 nitrogen and oxygen atoms in total. The zero-order chi connectivity index (χ0) is 42.2. The molecule has 2 heterocycles. The molecule has 0 atom stereocenters. The molecule has 7 aromatic carbocycles. The fraction of sp³-hybridized carbons (Fsp3) is 0.172. The Hall–Kier alpha value is -7.44. The minimum Gasteiger partial charge on any atom is -0.208 e. The van der Waals surface area contributed by atoms with E-state index in [0.29, 0.717) is 41.0 Å². The van der Waals surface area contributed by atoms with Gasteiger partial charge in [0.15, 0.2) is 34.9 Å². The zero-order valence-corrected chi connectivity index (χ0v) is 35.3. The SMILES string of the molecule is c1ccc(-c2nc(-c3ccccc3)nc(-c3ccc(-c4ccc5c(c4)-c4ccc(-c6nc(-c7ccccc7)nc(-c7ccccc7)n6)cc4C54C5CC6CC(C5)CC4C6)cc3)n2)cc1. The van der Waals surface area contributed by atoms with Crippen molar-refractivity contribution in [2.45, 2.75) is 37.5 Å². The van der Waals surface area contributed by atoms with Crippen LogP contribution in [0.1, 0.15) is 43.2 Å². The minimum atomic E-state index is -0.0142. The van der Waals surface area contributed by atoms with Gasteiger partial charge in [0.25, 0.3) is 0 Å². The van der Waals surface area contributed by atoms with E-state index in [0.717, 1.165) is 51.0 Å². The van der Waals surface area contributed by atoms with Crippen LogP contribution in [-0.4, -0.2) is 29.9 Å². The first-order valence-corrected chi connectivity index (χ1v) is 22.8. The number of aromatic nitrogens is 6. The lowest BCUT2D eigenvalue weighted by atomic mass is 9.43. The van der Waals surface area contributed by atoms with Crippen molar-refractivity contribution in [1.82, 2.24) is 29.9 Å². The van der Waals surface area contributed by atoms with Gasteiger partial charge in [0.1, 0.15) is 0 Å². The summed E-state index contributed by atoms with van der Waals surface area (Å²) < 4.78 is 0. The maximum absolute atomic E-state index is 5.19. The third kappa shape index (κ3) is 6.07. The summed E-state index contributed by atoms with van der Waals surface area (Å²) >= 11 is 0. The van der Waals surface area contributed by atoms with Gasteiger partial charge in [-0.3, -0.25) is 0 Å². The molecule has 2 aromatic heterocycles. The molecule has 0 N–H and O–H groups in total. The average molecular weight is 825 g/mol. The van der Waals surface area contributed by atoms with E-state index in [-0.39, 0.29) is 5.41 Å². The molecular formula is C58H44N6. The zero-order valence-electron chi connectivity index (χ0n) is 35.3. The Morgan fingerprint density at radius 3 is 1.08 bits per heavy atom. The lowest BCUT2D eigenvalue weighted by Crippen LogP contribution is -2.55. The summed E-state index contributed by atoms with van der Waals surface area (Å²) in [6.07, 6.45) is 6.68. The van der Waals surface area contributed by atoms with Gasteiger partial charge in [-0.05, 0) is 101 Å². The first-order chi connectivity index (χ1) is 31.6. The Balaban J connectivity index is 0.914. The van der Waals surface area contributed by atoms with Crippen LogP contribution in [-0.2, 0) is 5.41 Å². The number of hydrogen-bond donors (Lipinski definition) is 0. The van der Waals surface area contributed by atoms with Crippen molar-refractivity contribution in [2.24, 2.45) is 23.7 Å². The van der Waals surface area contributed by atoms with Crippen LogP contribution in [0.2, 0.25) is 0 Å². The van der Waals surface area contributed by atoms with E-state index in [1.54, 1.807) is 0 Å². The minimum absolute atomic E-state index is 0.0142. The van der Waals surface area contributed by atoms with Crippen LogP contribution in [0.5, 0.6) is 0 Å². The number of rotatable bonds is 7. The molecule has 9 aromatic rings. The van der Waals surface area contributed by atoms with Gasteiger partial charge in [-0.25, -0.2) is 29.9 Å². The van der Waals surface area contributed by atoms with E-state index in [1.165, 1.54) is 65.5 Å². The monoisotopic (exact) mass is 824 g/mol. The number of nitrogens with zero attached hydrogens (tertiary/aromatic N) is 6. The molecular weight excluding hydrogens is 781 g/mol. The van der Waals surface area contributed by atoms with Crippen molar-refractivity contribution in [3.05, 3.63) is 193 Å². The topological polar surface area (TPSA) is 77.3 Å². The van der Waals surface area contributed by atoms with Crippen LogP contribution >= 0.6 is 0 Å². The summed E-state index contributed by atoms with van der Waals surface area (Å²) in [4.78, 5) is 30.3. The van der Waals surface area contributed by atoms with Gasteiger partial charge in [-0.2, -0.15) is 0 Å². The Morgan fingerprint density at radius 1 is 0.281 bits per heavy atom. The Labute approximate surface area is 373 Å². The molecule has 0 saturated heterocycles. The summed E-state index contributed by atoms with van der Waals surface area (Å²) in [6, 6.07) is 64.1. The van der Waals surface area contributed by atoms with E-state index in [4.69, 9.17) is 29.9 Å². The van der Waals surface area contributed by atoms with Crippen LogP contribution in [0.25, 0.3) is 90.6 Å². The van der Waals surface area contributed by atoms with Gasteiger partial charge in [0.2, 0.25) is 0 Å². The Morgan fingerprint density at radius 2 is 0.641 bits per heavy atom. The van der Waals surface area contributed by atoms with E-state index >= 15 is 0 Å². The van der Waals surface area contributed by atoms with Crippen LogP contribution in [0.15, 0.2) is 182 Å². The van der Waals surface area contributed by atoms with Crippen LogP contribution in [0, 0.1) is 23.7 Å². The average Bonchev–Trinajstić information content (AvgIpc) is 3.65. The molecule has 1 spiro atoms. The van der Waals surface area contributed by atoms with Gasteiger partial charge in [0.05, 0.1) is 0 Å². The molecule has 4 saturated carbocycles. The van der Waals surface area contributed by atoms with E-state index in [9.17, 15) is 0 Å². The van der Waals surface area contributed by atoms with Crippen molar-refractivity contribution < 1.29 is 0 Å². The van der Waals surface area contributed by atoms with E-state index in [2.05, 4.69) is 84.9 Å². The van der Waals surface area contributed by atoms with Gasteiger partial charge in [0, 0.05) is 38.8 Å². The standard InChI is InChI=1S/C58H44N6/c1-5-13-39(14-6-1)52-59-53(40-15-7-2-8-16-40)62-56(61-52)43-23-21-38(22-24-43)44-26-28-50-49(34-44)48-27-25-45(35-51(48)58(50)46-30-36-29-37(32-46)33-47(58)31-36)57-63-54(41-17-9-3-10-18-41)60-55(64-57)42-19-11-4-12-20-42/h1-28,34-37,46-47H,29-33H2. The van der Waals surface area contributed by atoms with Crippen LogP contribution < -0.4 is 0 Å². The Bertz CT molecular complexity index is 3060. The highest BCUT2D eigenvalue weighted by molar-refractivity contribution is 5.87. The molecule has 0 radical (unpaired) electrons. The van der Waals surface area contributed by atoms with Gasteiger partial charge >= 0.3 is 0 Å². The third-order valence-corrected chi connectivity index (χ3v) is 14.8. The first kappa shape index (κ1) is 37.1. The van der Waals surface area contributed by atoms with Crippen molar-refractivity contribution in [2.75, 3.05) is 0 Å². The lowest BCUT2D eigenvalue weighted by molar-refractivity contribution is -0.0399. The van der Waals surface area contributed by atoms with Crippen LogP contribution in [0.4, 0.5) is 0 Å². The molecule has 4 fully saturated rings. The number of benzene rings is 7. The van der Waals surface area contributed by atoms with Crippen LogP contribution in [0.3, 0.4) is 0 Å². The molecule has 4 bridgehead atoms. The molecule has 0 unspecified atom stereocenters. The Kier molecular flexibility index (Phi) is 8.61. The second-order valence-electron chi connectivity index (χ2n) is 18.3. The summed E-state index contributed by atoms with van der Waals surface area (Å²) in [6.45, 7) is 0. The highest BCUT2D eigenvalue weighted by atomic mass is 15.0. The summed E-state index contributed by atoms with van der Waals surface area (Å²) in [5, 5.41) is 0. The van der Waals surface area contributed by atoms with Gasteiger partial charge in [-0.15, -0.1) is 0 Å². The highest BCUT2D eigenvalue weighted by Gasteiger charge is 2.61. The fourth-order valence-corrected chi connectivity index (χ4v) is 12.2. The molecule has 14 rings (SSSR count). The predicted octanol–water partition coefficient (Wildman–Crippen LogP) is 13.4. The van der Waals surface area contributed by atoms with Gasteiger partial charge < -0.3 is 0 Å². The second-order valence-corrected chi connectivity index (χ2v) is 18.3. The maximum Gasteiger partial charge on any atom is 0.164 e. The van der Waals surface area contributed by atoms with Crippen molar-refractivity contribution in [1.29, 1.82) is 0 Å². The second kappa shape index (κ2) is 14.8. The molecule has 306 valence electrons. The smallest absolute Gasteiger partial charge is 0.164 e. The predicted molar refractivity (Wildman–Crippen MR) is 255 cm³/mol. The normalized spacial score (nSPS) is 21.2. The highest BCUT2D eigenvalue weighted by Crippen LogP contribution is 2.69. The summed E-state index contributed by atoms with van der Waals surface area (Å²) in [7, 11) is 0. The molecule has 64 heavy (non-hydrogen) atoms. The molecule has 5 aliphatic rings. The van der Waals surface area contributed by atoms with E-state index < -0.39 is 0 Å². The van der Waals surface area contributed by atoms with E-state index in [1.807, 2.05) is 97.1 Å². The summed E-state index contributed by atoms with van der Waals surface area (Å²) in [5.41, 5.74) is 14.0. The quantitative estimate of drug-likeness (QED) is 0.159. The lowest BCUT2D eigenvalue weighted by Gasteiger charge is -2.61. The molecule has 0 aliphatic heterocycles. The van der Waals surface area contributed by atoms with Crippen molar-refractivity contribution >= 4 is 0 Å². The van der Waals surface area contributed by atoms with Crippen molar-refractivity contribution in [3.63, 3.8) is 0 Å². The van der Waals surface area contributed by atoms with Gasteiger partial charge in [-0.1, -0.05) is 170 Å². The molecule has 6 heteroatoms. The third-order valence-electron chi connectivity index (χ3n) is 14.8.